The molecule has 8 nitrogen and oxygen atoms in total. The molecule has 1 unspecified atom stereocenters. The molecule has 0 bridgehead atoms. The molecule has 0 aliphatic rings. The number of sulfone groups is 1. The summed E-state index contributed by atoms with van der Waals surface area (Å²) in [6.45, 7) is 0.937. The number of hydrogen-bond donors (Lipinski definition) is 4. The van der Waals surface area contributed by atoms with Crippen LogP contribution in [0.3, 0.4) is 0 Å². The molecule has 4 N–H and O–H groups in total. The number of carbonyl (C=O) groups excluding carboxylic acids is 1. The van der Waals surface area contributed by atoms with E-state index in [1.54, 1.807) is 0 Å². The van der Waals surface area contributed by atoms with Crippen LogP contribution in [0.15, 0.2) is 53.4 Å². The SMILES string of the molecule is CCS(=O)(=O)c1ccc(C(CNC(=O)O)C(=O)Nc2ccc(C(O)(C(F)(F)F)C(F)(F)F)cc2)cc1. The fourth-order valence-electron chi connectivity index (χ4n) is 3.14. The molecule has 2 aromatic rings. The van der Waals surface area contributed by atoms with E-state index in [2.05, 4.69) is 5.32 Å². The summed E-state index contributed by atoms with van der Waals surface area (Å²) in [6, 6.07) is 7.04. The van der Waals surface area contributed by atoms with E-state index in [-0.39, 0.29) is 21.9 Å². The largest absolute Gasteiger partial charge is 0.465 e. The van der Waals surface area contributed by atoms with Gasteiger partial charge in [-0.3, -0.25) is 4.79 Å². The molecule has 36 heavy (non-hydrogen) atoms. The highest BCUT2D eigenvalue weighted by atomic mass is 32.2. The highest BCUT2D eigenvalue weighted by molar-refractivity contribution is 7.91. The molecule has 0 aromatic heterocycles. The Morgan fingerprint density at radius 2 is 1.42 bits per heavy atom. The van der Waals surface area contributed by atoms with Crippen molar-refractivity contribution in [3.8, 4) is 0 Å². The summed E-state index contributed by atoms with van der Waals surface area (Å²) in [5, 5.41) is 22.5. The lowest BCUT2D eigenvalue weighted by Gasteiger charge is -2.32. The molecular formula is C21H20F6N2O6S. The molecule has 0 spiro atoms. The van der Waals surface area contributed by atoms with Crippen LogP contribution in [0.4, 0.5) is 36.8 Å². The third-order valence-corrected chi connectivity index (χ3v) is 6.94. The summed E-state index contributed by atoms with van der Waals surface area (Å²) in [5.74, 6) is -2.34. The van der Waals surface area contributed by atoms with E-state index in [0.29, 0.717) is 24.3 Å². The van der Waals surface area contributed by atoms with Gasteiger partial charge in [0.15, 0.2) is 9.84 Å². The number of halogens is 6. The number of rotatable bonds is 8. The fraction of sp³-hybridized carbons (Fsp3) is 0.333. The van der Waals surface area contributed by atoms with Gasteiger partial charge in [-0.05, 0) is 29.8 Å². The number of nitrogens with one attached hydrogen (secondary N) is 2. The zero-order valence-corrected chi connectivity index (χ0v) is 19.1. The summed E-state index contributed by atoms with van der Waals surface area (Å²) in [7, 11) is -3.56. The second kappa shape index (κ2) is 10.3. The van der Waals surface area contributed by atoms with E-state index in [1.165, 1.54) is 31.2 Å². The molecule has 0 aliphatic heterocycles. The molecule has 2 aromatic carbocycles. The van der Waals surface area contributed by atoms with Gasteiger partial charge in [-0.15, -0.1) is 0 Å². The molecule has 0 fully saturated rings. The summed E-state index contributed by atoms with van der Waals surface area (Å²) in [4.78, 5) is 23.7. The van der Waals surface area contributed by atoms with Crippen LogP contribution in [0.2, 0.25) is 0 Å². The number of alkyl halides is 6. The topological polar surface area (TPSA) is 133 Å². The van der Waals surface area contributed by atoms with Crippen LogP contribution in [0.25, 0.3) is 0 Å². The lowest BCUT2D eigenvalue weighted by Crippen LogP contribution is -2.53. The first-order valence-electron chi connectivity index (χ1n) is 10.0. The monoisotopic (exact) mass is 542 g/mol. The van der Waals surface area contributed by atoms with Gasteiger partial charge in [0.05, 0.1) is 16.6 Å². The van der Waals surface area contributed by atoms with E-state index < -0.39 is 57.8 Å². The van der Waals surface area contributed by atoms with Gasteiger partial charge < -0.3 is 20.8 Å². The van der Waals surface area contributed by atoms with Gasteiger partial charge in [-0.1, -0.05) is 31.2 Å². The second-order valence-corrected chi connectivity index (χ2v) is 9.76. The van der Waals surface area contributed by atoms with Crippen molar-refractivity contribution in [2.45, 2.75) is 35.7 Å². The standard InChI is InChI=1S/C21H20F6N2O6S/c1-2-36(34,35)15-9-3-12(4-10-15)16(11-28-18(31)32)17(30)29-14-7-5-13(6-8-14)19(33,20(22,23)24)21(25,26)27/h3-10,16,28,33H,2,11H2,1H3,(H,29,30)(H,31,32). The molecule has 0 radical (unpaired) electrons. The van der Waals surface area contributed by atoms with Crippen molar-refractivity contribution in [1.29, 1.82) is 0 Å². The van der Waals surface area contributed by atoms with Crippen LogP contribution in [-0.2, 0) is 20.2 Å². The molecule has 15 heteroatoms. The minimum Gasteiger partial charge on any atom is -0.465 e. The van der Waals surface area contributed by atoms with Gasteiger partial charge in [0.25, 0.3) is 5.60 Å². The number of anilines is 1. The van der Waals surface area contributed by atoms with Crippen LogP contribution >= 0.6 is 0 Å². The molecule has 0 heterocycles. The predicted octanol–water partition coefficient (Wildman–Crippen LogP) is 3.78. The van der Waals surface area contributed by atoms with Crippen molar-refractivity contribution in [1.82, 2.24) is 5.32 Å². The average Bonchev–Trinajstić information content (AvgIpc) is 2.77. The number of hydrogen-bond acceptors (Lipinski definition) is 5. The maximum Gasteiger partial charge on any atom is 0.430 e. The zero-order chi connectivity index (χ0) is 27.5. The minimum atomic E-state index is -6.08. The van der Waals surface area contributed by atoms with Crippen molar-refractivity contribution in [2.75, 3.05) is 17.6 Å². The highest BCUT2D eigenvalue weighted by Crippen LogP contribution is 2.50. The summed E-state index contributed by atoms with van der Waals surface area (Å²) >= 11 is 0. The van der Waals surface area contributed by atoms with E-state index in [1.807, 2.05) is 5.32 Å². The summed E-state index contributed by atoms with van der Waals surface area (Å²) < 4.78 is 102. The first-order valence-corrected chi connectivity index (χ1v) is 11.7. The summed E-state index contributed by atoms with van der Waals surface area (Å²) in [5.41, 5.74) is -6.74. The number of carbonyl (C=O) groups is 2. The Morgan fingerprint density at radius 1 is 0.917 bits per heavy atom. The van der Waals surface area contributed by atoms with Crippen molar-refractivity contribution in [2.24, 2.45) is 0 Å². The van der Waals surface area contributed by atoms with Crippen LogP contribution in [0, 0.1) is 0 Å². The van der Waals surface area contributed by atoms with Gasteiger partial charge in [0.2, 0.25) is 5.91 Å². The molecule has 2 rings (SSSR count). The maximum atomic E-state index is 13.0. The summed E-state index contributed by atoms with van der Waals surface area (Å²) in [6.07, 6.45) is -13.6. The predicted molar refractivity (Wildman–Crippen MR) is 114 cm³/mol. The van der Waals surface area contributed by atoms with Gasteiger partial charge >= 0.3 is 18.4 Å². The van der Waals surface area contributed by atoms with Crippen molar-refractivity contribution < 1.29 is 54.6 Å². The molecule has 0 saturated heterocycles. The van der Waals surface area contributed by atoms with E-state index in [4.69, 9.17) is 5.11 Å². The number of benzene rings is 2. The van der Waals surface area contributed by atoms with E-state index >= 15 is 0 Å². The highest BCUT2D eigenvalue weighted by Gasteiger charge is 2.71. The second-order valence-electron chi connectivity index (χ2n) is 7.48. The molecule has 198 valence electrons. The van der Waals surface area contributed by atoms with Crippen LogP contribution in [0.1, 0.15) is 24.0 Å². The van der Waals surface area contributed by atoms with Gasteiger partial charge in [-0.2, -0.15) is 26.3 Å². The maximum absolute atomic E-state index is 13.0. The molecule has 0 saturated carbocycles. The Hall–Kier alpha value is -3.33. The number of carboxylic acid groups (broad SMARTS) is 1. The van der Waals surface area contributed by atoms with E-state index in [0.717, 1.165) is 0 Å². The van der Waals surface area contributed by atoms with Crippen molar-refractivity contribution >= 4 is 27.5 Å². The van der Waals surface area contributed by atoms with Crippen LogP contribution in [0.5, 0.6) is 0 Å². The third-order valence-electron chi connectivity index (χ3n) is 5.19. The molecule has 2 amide bonds. The first kappa shape index (κ1) is 28.9. The molecule has 0 aliphatic carbocycles. The molecular weight excluding hydrogens is 522 g/mol. The Bertz CT molecular complexity index is 1180. The van der Waals surface area contributed by atoms with Crippen molar-refractivity contribution in [3.05, 3.63) is 59.7 Å². The van der Waals surface area contributed by atoms with Gasteiger partial charge in [-0.25, -0.2) is 13.2 Å². The van der Waals surface area contributed by atoms with E-state index in [9.17, 15) is 49.5 Å². The van der Waals surface area contributed by atoms with Crippen LogP contribution in [-0.4, -0.2) is 55.3 Å². The number of amides is 2. The van der Waals surface area contributed by atoms with Crippen LogP contribution < -0.4 is 10.6 Å². The first-order chi connectivity index (χ1) is 16.4. The lowest BCUT2D eigenvalue weighted by atomic mass is 9.92. The normalized spacial score (nSPS) is 13.7. The fourth-order valence-corrected chi connectivity index (χ4v) is 4.02. The minimum absolute atomic E-state index is 0.0449. The Kier molecular flexibility index (Phi) is 8.30. The smallest absolute Gasteiger partial charge is 0.430 e. The lowest BCUT2D eigenvalue weighted by molar-refractivity contribution is -0.376. The zero-order valence-electron chi connectivity index (χ0n) is 18.3. The Labute approximate surface area is 200 Å². The molecule has 1 atom stereocenters. The third kappa shape index (κ3) is 6.07. The number of aliphatic hydroxyl groups is 1. The average molecular weight is 542 g/mol. The Balaban J connectivity index is 2.34. The van der Waals surface area contributed by atoms with Gasteiger partial charge in [0, 0.05) is 17.8 Å². The van der Waals surface area contributed by atoms with Crippen molar-refractivity contribution in [3.63, 3.8) is 0 Å². The quantitative estimate of drug-likeness (QED) is 0.376. The Morgan fingerprint density at radius 3 is 1.83 bits per heavy atom. The van der Waals surface area contributed by atoms with Gasteiger partial charge in [0.1, 0.15) is 0 Å².